The fourth-order valence-electron chi connectivity index (χ4n) is 4.32. The third kappa shape index (κ3) is 3.97. The van der Waals surface area contributed by atoms with E-state index >= 15 is 0 Å². The molecule has 2 bridgehead atoms. The van der Waals surface area contributed by atoms with Crippen molar-refractivity contribution in [3.05, 3.63) is 47.5 Å². The highest BCUT2D eigenvalue weighted by atomic mass is 35.5. The van der Waals surface area contributed by atoms with Crippen LogP contribution in [0.1, 0.15) is 13.3 Å². The number of fused-ring (bicyclic) bond motifs is 3. The molecule has 6 nitrogen and oxygen atoms in total. The van der Waals surface area contributed by atoms with E-state index in [1.54, 1.807) is 6.92 Å². The lowest BCUT2D eigenvalue weighted by molar-refractivity contribution is -0.131. The summed E-state index contributed by atoms with van der Waals surface area (Å²) in [4.78, 5) is 20.5. The fraction of sp³-hybridized carbons (Fsp3) is 0.364. The van der Waals surface area contributed by atoms with Gasteiger partial charge in [0.05, 0.1) is 10.2 Å². The average molecular weight is 444 g/mol. The minimum atomic E-state index is 0.190. The lowest BCUT2D eigenvalue weighted by Gasteiger charge is -2.33. The van der Waals surface area contributed by atoms with Crippen molar-refractivity contribution in [1.82, 2.24) is 14.8 Å². The Labute approximate surface area is 184 Å². The first-order valence-corrected chi connectivity index (χ1v) is 11.2. The van der Waals surface area contributed by atoms with Crippen LogP contribution in [0.25, 0.3) is 10.2 Å². The van der Waals surface area contributed by atoms with Crippen molar-refractivity contribution in [2.75, 3.05) is 26.2 Å². The molecule has 0 spiro atoms. The summed E-state index contributed by atoms with van der Waals surface area (Å²) in [7, 11) is 0. The molecule has 156 valence electrons. The number of benzene rings is 2. The number of rotatable bonds is 6. The lowest BCUT2D eigenvalue weighted by atomic mass is 10.2. The molecule has 8 heteroatoms. The van der Waals surface area contributed by atoms with Crippen LogP contribution in [0.4, 0.5) is 0 Å². The molecule has 2 atom stereocenters. The predicted molar refractivity (Wildman–Crippen MR) is 118 cm³/mol. The van der Waals surface area contributed by atoms with Crippen molar-refractivity contribution < 1.29 is 14.3 Å². The summed E-state index contributed by atoms with van der Waals surface area (Å²) in [5, 5.41) is 1.28. The largest absolute Gasteiger partial charge is 0.492 e. The molecule has 0 saturated carbocycles. The minimum Gasteiger partial charge on any atom is -0.492 e. The molecule has 2 aliphatic heterocycles. The van der Waals surface area contributed by atoms with Gasteiger partial charge in [-0.3, -0.25) is 9.69 Å². The maximum Gasteiger partial charge on any atom is 0.279 e. The topological polar surface area (TPSA) is 54.9 Å². The number of carbonyl (C=O) groups is 1. The Bertz CT molecular complexity index is 1070. The number of thiazole rings is 1. The number of aromatic nitrogens is 1. The molecule has 0 radical (unpaired) electrons. The van der Waals surface area contributed by atoms with Crippen molar-refractivity contribution in [3.8, 4) is 16.7 Å². The quantitative estimate of drug-likeness (QED) is 0.564. The van der Waals surface area contributed by atoms with Gasteiger partial charge in [-0.1, -0.05) is 22.9 Å². The van der Waals surface area contributed by atoms with Crippen LogP contribution >= 0.6 is 22.9 Å². The summed E-state index contributed by atoms with van der Waals surface area (Å²) in [6, 6.07) is 14.0. The van der Waals surface area contributed by atoms with Crippen LogP contribution in [0.3, 0.4) is 0 Å². The summed E-state index contributed by atoms with van der Waals surface area (Å²) >= 11 is 7.50. The van der Waals surface area contributed by atoms with Gasteiger partial charge in [0, 0.05) is 43.7 Å². The third-order valence-corrected chi connectivity index (χ3v) is 6.90. The molecule has 3 heterocycles. The normalized spacial score (nSPS) is 20.8. The number of amides is 1. The van der Waals surface area contributed by atoms with Crippen LogP contribution in [0.15, 0.2) is 42.5 Å². The van der Waals surface area contributed by atoms with Crippen LogP contribution in [0.5, 0.6) is 16.7 Å². The molecular formula is C22H22ClN3O3S. The second-order valence-electron chi connectivity index (χ2n) is 7.72. The van der Waals surface area contributed by atoms with Crippen molar-refractivity contribution in [2.24, 2.45) is 0 Å². The van der Waals surface area contributed by atoms with Gasteiger partial charge in [0.1, 0.15) is 18.1 Å². The number of halogens is 1. The van der Waals surface area contributed by atoms with E-state index in [9.17, 15) is 4.79 Å². The second kappa shape index (κ2) is 8.06. The number of hydrogen-bond donors (Lipinski definition) is 0. The van der Waals surface area contributed by atoms with Crippen LogP contribution in [0, 0.1) is 0 Å². The molecule has 3 aromatic rings. The zero-order valence-corrected chi connectivity index (χ0v) is 18.2. The van der Waals surface area contributed by atoms with E-state index in [1.807, 2.05) is 47.4 Å². The van der Waals surface area contributed by atoms with Gasteiger partial charge in [-0.15, -0.1) is 0 Å². The molecule has 30 heavy (non-hydrogen) atoms. The Morgan fingerprint density at radius 1 is 1.17 bits per heavy atom. The summed E-state index contributed by atoms with van der Waals surface area (Å²) in [6.07, 6.45) is 1.09. The molecule has 2 unspecified atom stereocenters. The number of ether oxygens (including phenoxy) is 2. The van der Waals surface area contributed by atoms with Crippen molar-refractivity contribution in [2.45, 2.75) is 25.4 Å². The molecule has 5 rings (SSSR count). The molecular weight excluding hydrogens is 422 g/mol. The third-order valence-electron chi connectivity index (χ3n) is 5.77. The maximum absolute atomic E-state index is 11.6. The molecule has 2 aromatic carbocycles. The molecule has 2 fully saturated rings. The van der Waals surface area contributed by atoms with Crippen molar-refractivity contribution in [1.29, 1.82) is 0 Å². The Morgan fingerprint density at radius 3 is 2.70 bits per heavy atom. The van der Waals surface area contributed by atoms with E-state index in [0.717, 1.165) is 42.0 Å². The number of carbonyl (C=O) groups excluding carboxylic acids is 1. The zero-order chi connectivity index (χ0) is 20.7. The molecule has 1 amide bonds. The van der Waals surface area contributed by atoms with Crippen molar-refractivity contribution >= 4 is 39.1 Å². The molecule has 2 saturated heterocycles. The number of nitrogens with zero attached hydrogens (tertiary/aromatic N) is 3. The molecule has 2 aliphatic rings. The van der Waals surface area contributed by atoms with Gasteiger partial charge in [-0.2, -0.15) is 0 Å². The summed E-state index contributed by atoms with van der Waals surface area (Å²) in [5.74, 6) is 1.72. The number of likely N-dealkylation sites (tertiary alicyclic amines) is 2. The second-order valence-corrected chi connectivity index (χ2v) is 9.15. The smallest absolute Gasteiger partial charge is 0.279 e. The predicted octanol–water partition coefficient (Wildman–Crippen LogP) is 4.43. The van der Waals surface area contributed by atoms with E-state index in [0.29, 0.717) is 34.7 Å². The van der Waals surface area contributed by atoms with Gasteiger partial charge in [0.15, 0.2) is 0 Å². The Hall–Kier alpha value is -2.35. The standard InChI is InChI=1S/C22H22ClN3O3S/c1-14(27)26-13-16-11-17(26)12-25(16)8-9-28-18-3-5-19(6-4-18)29-22-24-20-7-2-15(23)10-21(20)30-22/h2-7,10,16-17H,8-9,11-13H2,1H3. The molecule has 0 aliphatic carbocycles. The highest BCUT2D eigenvalue weighted by Crippen LogP contribution is 2.33. The van der Waals surface area contributed by atoms with E-state index in [-0.39, 0.29) is 5.91 Å². The highest BCUT2D eigenvalue weighted by molar-refractivity contribution is 7.20. The van der Waals surface area contributed by atoms with Gasteiger partial charge in [-0.05, 0) is 48.9 Å². The van der Waals surface area contributed by atoms with Crippen LogP contribution < -0.4 is 9.47 Å². The average Bonchev–Trinajstić information content (AvgIpc) is 3.42. The summed E-state index contributed by atoms with van der Waals surface area (Å²) in [5.41, 5.74) is 0.876. The maximum atomic E-state index is 11.6. The first-order chi connectivity index (χ1) is 14.5. The summed E-state index contributed by atoms with van der Waals surface area (Å²) < 4.78 is 12.8. The fourth-order valence-corrected chi connectivity index (χ4v) is 5.43. The molecule has 0 N–H and O–H groups in total. The van der Waals surface area contributed by atoms with Gasteiger partial charge in [0.25, 0.3) is 5.19 Å². The van der Waals surface area contributed by atoms with Gasteiger partial charge >= 0.3 is 0 Å². The Kier molecular flexibility index (Phi) is 5.26. The van der Waals surface area contributed by atoms with E-state index < -0.39 is 0 Å². The van der Waals surface area contributed by atoms with Gasteiger partial charge in [-0.25, -0.2) is 4.98 Å². The number of piperazine rings is 1. The first kappa shape index (κ1) is 19.6. The molecule has 1 aromatic heterocycles. The first-order valence-electron chi connectivity index (χ1n) is 10.0. The summed E-state index contributed by atoms with van der Waals surface area (Å²) in [6.45, 7) is 4.97. The monoisotopic (exact) mass is 443 g/mol. The van der Waals surface area contributed by atoms with Crippen molar-refractivity contribution in [3.63, 3.8) is 0 Å². The van der Waals surface area contributed by atoms with Crippen LogP contribution in [-0.4, -0.2) is 59.0 Å². The zero-order valence-electron chi connectivity index (χ0n) is 16.6. The van der Waals surface area contributed by atoms with Crippen LogP contribution in [0.2, 0.25) is 5.02 Å². The Morgan fingerprint density at radius 2 is 1.97 bits per heavy atom. The van der Waals surface area contributed by atoms with E-state index in [1.165, 1.54) is 11.3 Å². The van der Waals surface area contributed by atoms with E-state index in [2.05, 4.69) is 9.88 Å². The van der Waals surface area contributed by atoms with Gasteiger partial charge in [0.2, 0.25) is 5.91 Å². The van der Waals surface area contributed by atoms with Gasteiger partial charge < -0.3 is 14.4 Å². The highest BCUT2D eigenvalue weighted by Gasteiger charge is 2.43. The van der Waals surface area contributed by atoms with Crippen LogP contribution in [-0.2, 0) is 4.79 Å². The SMILES string of the molecule is CC(=O)N1CC2CC1CN2CCOc1ccc(Oc2nc3ccc(Cl)cc3s2)cc1. The van der Waals surface area contributed by atoms with E-state index in [4.69, 9.17) is 21.1 Å². The Balaban J connectivity index is 1.12. The minimum absolute atomic E-state index is 0.190. The number of hydrogen-bond acceptors (Lipinski definition) is 6. The lowest BCUT2D eigenvalue weighted by Crippen LogP contribution is -2.48.